The Labute approximate surface area is 582 Å². The van der Waals surface area contributed by atoms with E-state index < -0.39 is 19.4 Å². The maximum absolute atomic E-state index is 15.3. The second-order valence-electron chi connectivity index (χ2n) is 25.0. The quantitative estimate of drug-likeness (QED) is 0.156. The van der Waals surface area contributed by atoms with Crippen molar-refractivity contribution in [1.82, 2.24) is 13.7 Å². The van der Waals surface area contributed by atoms with Crippen LogP contribution >= 0.6 is 15.9 Å². The summed E-state index contributed by atoms with van der Waals surface area (Å²) in [6.07, 6.45) is 4.99. The van der Waals surface area contributed by atoms with Crippen LogP contribution in [-0.2, 0) is 25.9 Å². The van der Waals surface area contributed by atoms with Gasteiger partial charge >= 0.3 is 0 Å². The van der Waals surface area contributed by atoms with Crippen LogP contribution in [0.2, 0.25) is 0 Å². The molecule has 0 amide bonds. The van der Waals surface area contributed by atoms with Gasteiger partial charge in [0.05, 0.1) is 57.8 Å². The molecule has 99 heavy (non-hydrogen) atoms. The van der Waals surface area contributed by atoms with Crippen molar-refractivity contribution >= 4 is 124 Å². The number of rotatable bonds is 6. The topological polar surface area (TPSA) is 73.7 Å². The highest BCUT2D eigenvalue weighted by atomic mass is 79.9. The average molecular weight is 1380 g/mol. The molecule has 0 radical (unpaired) electrons. The maximum Gasteiger partial charge on any atom is 0.126 e. The van der Waals surface area contributed by atoms with E-state index in [1.54, 1.807) is 0 Å². The van der Waals surface area contributed by atoms with E-state index in [4.69, 9.17) is 4.40 Å². The van der Waals surface area contributed by atoms with Crippen LogP contribution in [-0.4, -0.2) is 27.1 Å². The second kappa shape index (κ2) is 24.5. The van der Waals surface area contributed by atoms with E-state index in [9.17, 15) is 4.21 Å². The Kier molecular flexibility index (Phi) is 14.8. The number of aromatic nitrogens is 3. The fourth-order valence-electron chi connectivity index (χ4n) is 14.6. The number of hydrogen-bond donors (Lipinski definition) is 0. The van der Waals surface area contributed by atoms with E-state index in [1.165, 1.54) is 82.7 Å². The molecule has 3 aromatic heterocycles. The molecule has 2 unspecified atom stereocenters. The second-order valence-corrected chi connectivity index (χ2v) is 30.7. The predicted octanol–water partition coefficient (Wildman–Crippen LogP) is 21.5. The van der Waals surface area contributed by atoms with Gasteiger partial charge in [-0.15, -0.1) is 0 Å². The molecule has 1 aliphatic carbocycles. The lowest BCUT2D eigenvalue weighted by Crippen LogP contribution is -2.35. The predicted molar refractivity (Wildman–Crippen MR) is 417 cm³/mol. The third-order valence-electron chi connectivity index (χ3n) is 19.3. The lowest BCUT2D eigenvalue weighted by atomic mass is 9.97. The van der Waals surface area contributed by atoms with Crippen LogP contribution in [0.1, 0.15) is 16.7 Å². The van der Waals surface area contributed by atoms with Crippen molar-refractivity contribution in [3.8, 4) is 44.8 Å². The molecule has 14 aromatic carbocycles. The molecule has 3 aliphatic rings. The fourth-order valence-corrected chi connectivity index (χ4v) is 19.5. The average Bonchev–Trinajstić information content (AvgIpc) is 1.60. The van der Waals surface area contributed by atoms with E-state index in [0.717, 1.165) is 71.8 Å². The first-order valence-corrected chi connectivity index (χ1v) is 36.9. The monoisotopic (exact) mass is 1370 g/mol. The SMILES string of the molecule is O=S1(c2ccccc2)=C(n2c3ccccc3c3cc(-c4ccc5c(c4)c4ccccc4n5-c4ccccc4)ccc32)C=c2ccccc2=N1.O=S1(c2ccccc2)=Nc2ccccc2C=C1Br.c1ccc(-n2c3ccccc3c3cc(-c4ccc5c(c4)-c4ccccc4C5)ccc32)cc1. The van der Waals surface area contributed by atoms with E-state index in [2.05, 4.69) is 265 Å². The Bertz CT molecular complexity index is 6580. The summed E-state index contributed by atoms with van der Waals surface area (Å²) in [7, 11) is -5.57. The molecule has 0 spiro atoms. The van der Waals surface area contributed by atoms with Gasteiger partial charge in [-0.2, -0.15) is 8.76 Å². The molecule has 7 nitrogen and oxygen atoms in total. The Morgan fingerprint density at radius 1 is 0.333 bits per heavy atom. The number of nitrogens with zero attached hydrogens (tertiary/aromatic N) is 5. The fraction of sp³-hybridized carbons (Fsp3) is 0.0112. The highest BCUT2D eigenvalue weighted by molar-refractivity contribution is 9.13. The smallest absolute Gasteiger partial charge is 0.126 e. The van der Waals surface area contributed by atoms with E-state index in [1.807, 2.05) is 121 Å². The Morgan fingerprint density at radius 3 is 1.34 bits per heavy atom. The number of hydrogen-bond acceptors (Lipinski definition) is 3. The summed E-state index contributed by atoms with van der Waals surface area (Å²) < 4.78 is 45.2. The van der Waals surface area contributed by atoms with Gasteiger partial charge in [0.25, 0.3) is 0 Å². The Balaban J connectivity index is 0.000000121. The molecule has 5 heterocycles. The normalized spacial score (nSPS) is 15.7. The van der Waals surface area contributed by atoms with Gasteiger partial charge in [0.15, 0.2) is 0 Å². The standard InChI is InChI=1S/C44H29N3OS.C31H21N.C14H10BrNOS/c48-49(34-16-5-2-6-17-34)44(29-32-13-7-10-20-39(32)45-49)47-41-22-12-9-19-36(41)38-28-31(24-26-43(38)47)30-23-25-42-37(27-30)35-18-8-11-21-40(35)46(42)33-14-3-1-4-15-33;1-2-9-25(10-3-1)32-30-13-7-6-12-27(30)29-20-22(16-17-31(29)32)21-14-15-24-18-23-8-4-5-11-26(23)28(24)19-21;15-14-10-11-6-4-5-9-13(11)16-18(14,17)12-7-2-1-3-8-12/h1-29H;1-17,19-20H,18H2;1-10H. The lowest BCUT2D eigenvalue weighted by Gasteiger charge is -2.18. The molecule has 472 valence electrons. The number of para-hydroxylation sites is 5. The maximum atomic E-state index is 15.3. The van der Waals surface area contributed by atoms with E-state index >= 15 is 4.21 Å². The van der Waals surface area contributed by atoms with Crippen molar-refractivity contribution in [1.29, 1.82) is 0 Å². The molecule has 20 rings (SSSR count). The molecular weight excluding hydrogens is 1320 g/mol. The number of benzene rings is 14. The van der Waals surface area contributed by atoms with Gasteiger partial charge in [-0.1, -0.05) is 218 Å². The zero-order valence-corrected chi connectivity index (χ0v) is 56.7. The molecule has 0 saturated carbocycles. The summed E-state index contributed by atoms with van der Waals surface area (Å²) in [6.45, 7) is 0. The van der Waals surface area contributed by atoms with Crippen molar-refractivity contribution in [3.63, 3.8) is 0 Å². The first kappa shape index (κ1) is 59.8. The van der Waals surface area contributed by atoms with Crippen molar-refractivity contribution in [2.24, 2.45) is 8.76 Å². The van der Waals surface area contributed by atoms with Gasteiger partial charge in [0.2, 0.25) is 0 Å². The van der Waals surface area contributed by atoms with Gasteiger partial charge < -0.3 is 13.7 Å². The van der Waals surface area contributed by atoms with Crippen LogP contribution < -0.4 is 10.6 Å². The summed E-state index contributed by atoms with van der Waals surface area (Å²) >= 11 is 3.41. The molecular formula is C89H60BrN5O2S2. The van der Waals surface area contributed by atoms with Crippen LogP contribution in [0.4, 0.5) is 5.69 Å². The molecule has 2 aliphatic heterocycles. The van der Waals surface area contributed by atoms with Crippen LogP contribution in [0.15, 0.2) is 362 Å². The van der Waals surface area contributed by atoms with Gasteiger partial charge in [-0.25, -0.2) is 8.42 Å². The number of halogens is 1. The molecule has 0 fully saturated rings. The molecule has 17 aromatic rings. The van der Waals surface area contributed by atoms with E-state index in [-0.39, 0.29) is 0 Å². The van der Waals surface area contributed by atoms with Gasteiger partial charge in [-0.05, 0) is 200 Å². The minimum Gasteiger partial charge on any atom is -0.309 e. The first-order valence-electron chi connectivity index (χ1n) is 33.1. The summed E-state index contributed by atoms with van der Waals surface area (Å²) in [4.78, 5) is 2.09. The van der Waals surface area contributed by atoms with Crippen molar-refractivity contribution in [2.75, 3.05) is 0 Å². The zero-order valence-electron chi connectivity index (χ0n) is 53.4. The van der Waals surface area contributed by atoms with Crippen LogP contribution in [0.5, 0.6) is 0 Å². The largest absolute Gasteiger partial charge is 0.309 e. The van der Waals surface area contributed by atoms with Crippen molar-refractivity contribution in [2.45, 2.75) is 16.2 Å². The van der Waals surface area contributed by atoms with Crippen LogP contribution in [0.3, 0.4) is 0 Å². The molecule has 10 heteroatoms. The minimum absolute atomic E-state index is 0.625. The zero-order chi connectivity index (χ0) is 66.2. The molecule has 2 atom stereocenters. The van der Waals surface area contributed by atoms with E-state index in [0.29, 0.717) is 13.7 Å². The van der Waals surface area contributed by atoms with Crippen molar-refractivity contribution < 1.29 is 8.42 Å². The first-order chi connectivity index (χ1) is 48.7. The highest BCUT2D eigenvalue weighted by Crippen LogP contribution is 2.43. The third-order valence-corrected chi connectivity index (χ3v) is 25.1. The summed E-state index contributed by atoms with van der Waals surface area (Å²) in [6, 6.07) is 118. The molecule has 0 saturated heterocycles. The minimum atomic E-state index is -3.01. The Hall–Kier alpha value is -11.7. The Morgan fingerprint density at radius 2 is 0.758 bits per heavy atom. The lowest BCUT2D eigenvalue weighted by molar-refractivity contribution is 0.680. The third kappa shape index (κ3) is 10.3. The summed E-state index contributed by atoms with van der Waals surface area (Å²) in [5, 5.41) is 8.94. The highest BCUT2D eigenvalue weighted by Gasteiger charge is 2.26. The van der Waals surface area contributed by atoms with Gasteiger partial charge in [0.1, 0.15) is 24.4 Å². The van der Waals surface area contributed by atoms with Crippen LogP contribution in [0.25, 0.3) is 122 Å². The van der Waals surface area contributed by atoms with Gasteiger partial charge in [0, 0.05) is 54.5 Å². The van der Waals surface area contributed by atoms with Gasteiger partial charge in [-0.3, -0.25) is 0 Å². The molecule has 0 N–H and O–H groups in total. The molecule has 0 bridgehead atoms. The van der Waals surface area contributed by atoms with Crippen molar-refractivity contribution in [3.05, 3.63) is 371 Å². The summed E-state index contributed by atoms with van der Waals surface area (Å²) in [5.74, 6) is 0. The van der Waals surface area contributed by atoms with Crippen LogP contribution in [0, 0.1) is 0 Å². The summed E-state index contributed by atoms with van der Waals surface area (Å²) in [5.41, 5.74) is 21.4. The number of fused-ring (bicyclic) bond motifs is 14.